The van der Waals surface area contributed by atoms with E-state index < -0.39 is 5.92 Å². The van der Waals surface area contributed by atoms with E-state index in [2.05, 4.69) is 22.8 Å². The number of nitriles is 1. The lowest BCUT2D eigenvalue weighted by Crippen LogP contribution is -2.37. The smallest absolute Gasteiger partial charge is 0.251 e. The van der Waals surface area contributed by atoms with Gasteiger partial charge in [0, 0.05) is 18.7 Å². The molecule has 2 N–H and O–H groups in total. The monoisotopic (exact) mass is 455 g/mol. The number of carbonyl (C=O) groups excluding carboxylic acids is 2. The van der Waals surface area contributed by atoms with Crippen LogP contribution in [-0.4, -0.2) is 31.5 Å². The first-order valence-electron chi connectivity index (χ1n) is 11.4. The van der Waals surface area contributed by atoms with Crippen LogP contribution in [0.25, 0.3) is 0 Å². The quantitative estimate of drug-likeness (QED) is 0.400. The van der Waals surface area contributed by atoms with Gasteiger partial charge in [0.05, 0.1) is 5.92 Å². The van der Waals surface area contributed by atoms with Crippen LogP contribution in [0.5, 0.6) is 5.75 Å². The standard InChI is InChI=1S/C28H29N3O3/c29-18-20-34-25-16-14-23(15-17-25)26(21-31-27(32)24-12-5-2-6-13-24)28(33)30-19-8-7-11-22-9-3-1-4-10-22/h1-6,9-10,12-17,26H,7-8,11,19-21H2,(H,30,33)(H,31,32). The van der Waals surface area contributed by atoms with Crippen LogP contribution in [0.2, 0.25) is 0 Å². The molecule has 0 saturated heterocycles. The lowest BCUT2D eigenvalue weighted by atomic mass is 9.97. The van der Waals surface area contributed by atoms with E-state index in [-0.39, 0.29) is 25.0 Å². The van der Waals surface area contributed by atoms with Gasteiger partial charge in [-0.2, -0.15) is 5.26 Å². The zero-order valence-electron chi connectivity index (χ0n) is 19.1. The Balaban J connectivity index is 1.58. The number of nitrogens with one attached hydrogen (secondary N) is 2. The zero-order valence-corrected chi connectivity index (χ0v) is 19.1. The third-order valence-corrected chi connectivity index (χ3v) is 5.44. The number of aryl methyl sites for hydroxylation is 1. The molecule has 0 aliphatic heterocycles. The summed E-state index contributed by atoms with van der Waals surface area (Å²) < 4.78 is 5.30. The average Bonchev–Trinajstić information content (AvgIpc) is 2.89. The highest BCUT2D eigenvalue weighted by Gasteiger charge is 2.21. The minimum absolute atomic E-state index is 0.0423. The second-order valence-electron chi connectivity index (χ2n) is 7.88. The SMILES string of the molecule is N#CCOc1ccc(C(CNC(=O)c2ccccc2)C(=O)NCCCCc2ccccc2)cc1. The molecule has 0 aliphatic rings. The maximum Gasteiger partial charge on any atom is 0.251 e. The number of rotatable bonds is 12. The van der Waals surface area contributed by atoms with Crippen molar-refractivity contribution in [1.82, 2.24) is 10.6 Å². The predicted molar refractivity (Wildman–Crippen MR) is 131 cm³/mol. The normalized spacial score (nSPS) is 11.1. The molecule has 1 unspecified atom stereocenters. The first-order valence-corrected chi connectivity index (χ1v) is 11.4. The van der Waals surface area contributed by atoms with E-state index in [9.17, 15) is 9.59 Å². The summed E-state index contributed by atoms with van der Waals surface area (Å²) in [4.78, 5) is 25.6. The molecule has 0 aromatic heterocycles. The molecule has 3 aromatic rings. The fourth-order valence-corrected chi connectivity index (χ4v) is 3.59. The van der Waals surface area contributed by atoms with E-state index in [4.69, 9.17) is 10.00 Å². The number of benzene rings is 3. The van der Waals surface area contributed by atoms with Gasteiger partial charge in [-0.1, -0.05) is 60.7 Å². The summed E-state index contributed by atoms with van der Waals surface area (Å²) in [5, 5.41) is 14.6. The van der Waals surface area contributed by atoms with Crippen LogP contribution in [-0.2, 0) is 11.2 Å². The number of ether oxygens (including phenoxy) is 1. The molecular formula is C28H29N3O3. The van der Waals surface area contributed by atoms with Crippen molar-refractivity contribution in [1.29, 1.82) is 5.26 Å². The van der Waals surface area contributed by atoms with Gasteiger partial charge in [-0.15, -0.1) is 0 Å². The first kappa shape index (κ1) is 24.5. The van der Waals surface area contributed by atoms with Crippen LogP contribution >= 0.6 is 0 Å². The molecule has 34 heavy (non-hydrogen) atoms. The van der Waals surface area contributed by atoms with Crippen LogP contribution < -0.4 is 15.4 Å². The number of nitrogens with zero attached hydrogens (tertiary/aromatic N) is 1. The second kappa shape index (κ2) is 13.4. The van der Waals surface area contributed by atoms with Crippen molar-refractivity contribution in [2.45, 2.75) is 25.2 Å². The van der Waals surface area contributed by atoms with Gasteiger partial charge >= 0.3 is 0 Å². The number of hydrogen-bond donors (Lipinski definition) is 2. The highest BCUT2D eigenvalue weighted by atomic mass is 16.5. The fraction of sp³-hybridized carbons (Fsp3) is 0.250. The van der Waals surface area contributed by atoms with Gasteiger partial charge in [-0.05, 0) is 54.7 Å². The Labute approximate surface area is 200 Å². The molecule has 0 bridgehead atoms. The van der Waals surface area contributed by atoms with Gasteiger partial charge in [0.1, 0.15) is 11.8 Å². The summed E-state index contributed by atoms with van der Waals surface area (Å²) in [6.45, 7) is 0.694. The van der Waals surface area contributed by atoms with Gasteiger partial charge in [0.2, 0.25) is 5.91 Å². The molecule has 3 rings (SSSR count). The van der Waals surface area contributed by atoms with E-state index in [1.165, 1.54) is 5.56 Å². The van der Waals surface area contributed by atoms with Crippen molar-refractivity contribution in [3.8, 4) is 11.8 Å². The van der Waals surface area contributed by atoms with Crippen molar-refractivity contribution in [2.24, 2.45) is 0 Å². The molecule has 0 spiro atoms. The van der Waals surface area contributed by atoms with Crippen molar-refractivity contribution >= 4 is 11.8 Å². The Hall–Kier alpha value is -4.11. The third kappa shape index (κ3) is 7.79. The van der Waals surface area contributed by atoms with Crippen LogP contribution in [0.3, 0.4) is 0 Å². The highest BCUT2D eigenvalue weighted by molar-refractivity contribution is 5.94. The van der Waals surface area contributed by atoms with E-state index in [0.717, 1.165) is 24.8 Å². The van der Waals surface area contributed by atoms with Crippen molar-refractivity contribution in [2.75, 3.05) is 19.7 Å². The topological polar surface area (TPSA) is 91.2 Å². The number of hydrogen-bond acceptors (Lipinski definition) is 4. The van der Waals surface area contributed by atoms with Gasteiger partial charge < -0.3 is 15.4 Å². The minimum Gasteiger partial charge on any atom is -0.479 e. The second-order valence-corrected chi connectivity index (χ2v) is 7.88. The van der Waals surface area contributed by atoms with E-state index >= 15 is 0 Å². The maximum atomic E-state index is 13.0. The van der Waals surface area contributed by atoms with Gasteiger partial charge in [0.25, 0.3) is 5.91 Å². The molecule has 0 heterocycles. The summed E-state index contributed by atoms with van der Waals surface area (Å²) in [6, 6.07) is 28.2. The van der Waals surface area contributed by atoms with Crippen LogP contribution in [0, 0.1) is 11.3 Å². The lowest BCUT2D eigenvalue weighted by Gasteiger charge is -2.18. The Kier molecular flexibility index (Phi) is 9.70. The van der Waals surface area contributed by atoms with E-state index in [1.54, 1.807) is 48.5 Å². The largest absolute Gasteiger partial charge is 0.479 e. The van der Waals surface area contributed by atoms with Gasteiger partial charge in [-0.25, -0.2) is 0 Å². The summed E-state index contributed by atoms with van der Waals surface area (Å²) in [7, 11) is 0. The highest BCUT2D eigenvalue weighted by Crippen LogP contribution is 2.20. The summed E-state index contributed by atoms with van der Waals surface area (Å²) >= 11 is 0. The molecule has 3 aromatic carbocycles. The van der Waals surface area contributed by atoms with E-state index in [1.807, 2.05) is 30.3 Å². The van der Waals surface area contributed by atoms with Gasteiger partial charge in [-0.3, -0.25) is 9.59 Å². The zero-order chi connectivity index (χ0) is 24.0. The van der Waals surface area contributed by atoms with Crippen molar-refractivity contribution in [3.63, 3.8) is 0 Å². The van der Waals surface area contributed by atoms with Crippen molar-refractivity contribution in [3.05, 3.63) is 102 Å². The lowest BCUT2D eigenvalue weighted by molar-refractivity contribution is -0.122. The first-order chi connectivity index (χ1) is 16.7. The maximum absolute atomic E-state index is 13.0. The van der Waals surface area contributed by atoms with Gasteiger partial charge in [0.15, 0.2) is 6.61 Å². The summed E-state index contributed by atoms with van der Waals surface area (Å²) in [5.74, 6) is -0.362. The molecule has 2 amide bonds. The molecule has 174 valence electrons. The van der Waals surface area contributed by atoms with Crippen LogP contribution in [0.4, 0.5) is 0 Å². The molecular weight excluding hydrogens is 426 g/mol. The Bertz CT molecular complexity index is 1080. The predicted octanol–water partition coefficient (Wildman–Crippen LogP) is 4.24. The Morgan fingerprint density at radius 1 is 0.853 bits per heavy atom. The van der Waals surface area contributed by atoms with Crippen LogP contribution in [0.1, 0.15) is 40.2 Å². The number of amides is 2. The molecule has 0 saturated carbocycles. The summed E-state index contributed by atoms with van der Waals surface area (Å²) in [5.41, 5.74) is 2.59. The molecule has 0 radical (unpaired) electrons. The van der Waals surface area contributed by atoms with Crippen LogP contribution in [0.15, 0.2) is 84.9 Å². The van der Waals surface area contributed by atoms with Crippen molar-refractivity contribution < 1.29 is 14.3 Å². The Morgan fingerprint density at radius 2 is 1.53 bits per heavy atom. The molecule has 0 fully saturated rings. The van der Waals surface area contributed by atoms with E-state index in [0.29, 0.717) is 17.9 Å². The number of carbonyl (C=O) groups is 2. The molecule has 6 nitrogen and oxygen atoms in total. The third-order valence-electron chi connectivity index (χ3n) is 5.44. The fourth-order valence-electron chi connectivity index (χ4n) is 3.59. The molecule has 6 heteroatoms. The molecule has 0 aliphatic carbocycles. The average molecular weight is 456 g/mol. The summed E-state index contributed by atoms with van der Waals surface area (Å²) in [6.07, 6.45) is 2.81. The minimum atomic E-state index is -0.549. The number of unbranched alkanes of at least 4 members (excludes halogenated alkanes) is 1. The Morgan fingerprint density at radius 3 is 2.21 bits per heavy atom. The molecule has 1 atom stereocenters.